The molecular formula is C16H31ClN2O. The Morgan fingerprint density at radius 3 is 2.80 bits per heavy atom. The number of piperidine rings is 1. The number of hydrogen-bond acceptors (Lipinski definition) is 3. The van der Waals surface area contributed by atoms with Gasteiger partial charge in [0.1, 0.15) is 0 Å². The minimum absolute atomic E-state index is 0. The largest absolute Gasteiger partial charge is 0.378 e. The van der Waals surface area contributed by atoms with Crippen LogP contribution in [0, 0.1) is 11.3 Å². The highest BCUT2D eigenvalue weighted by Crippen LogP contribution is 2.39. The first kappa shape index (κ1) is 16.5. The second kappa shape index (κ2) is 7.44. The third-order valence-electron chi connectivity index (χ3n) is 5.63. The maximum absolute atomic E-state index is 5.80. The van der Waals surface area contributed by atoms with Crippen LogP contribution in [0.15, 0.2) is 0 Å². The Hall–Kier alpha value is 0.170. The van der Waals surface area contributed by atoms with Crippen molar-refractivity contribution in [3.05, 3.63) is 0 Å². The van der Waals surface area contributed by atoms with Crippen LogP contribution < -0.4 is 5.32 Å². The molecule has 1 spiro atoms. The molecule has 3 aliphatic heterocycles. The van der Waals surface area contributed by atoms with Gasteiger partial charge in [0.05, 0.1) is 6.10 Å². The van der Waals surface area contributed by atoms with Gasteiger partial charge in [-0.05, 0) is 69.5 Å². The van der Waals surface area contributed by atoms with Crippen molar-refractivity contribution in [1.29, 1.82) is 0 Å². The van der Waals surface area contributed by atoms with E-state index in [0.717, 1.165) is 12.5 Å². The Labute approximate surface area is 130 Å². The Bertz CT molecular complexity index is 294. The second-order valence-electron chi connectivity index (χ2n) is 7.03. The number of halogens is 1. The van der Waals surface area contributed by atoms with Crippen molar-refractivity contribution in [2.24, 2.45) is 11.3 Å². The summed E-state index contributed by atoms with van der Waals surface area (Å²) in [4.78, 5) is 2.76. The van der Waals surface area contributed by atoms with E-state index < -0.39 is 0 Å². The van der Waals surface area contributed by atoms with E-state index in [9.17, 15) is 0 Å². The highest BCUT2D eigenvalue weighted by molar-refractivity contribution is 5.85. The van der Waals surface area contributed by atoms with E-state index >= 15 is 0 Å². The zero-order valence-electron chi connectivity index (χ0n) is 12.9. The lowest BCUT2D eigenvalue weighted by molar-refractivity contribution is -0.0170. The average molecular weight is 303 g/mol. The van der Waals surface area contributed by atoms with Crippen LogP contribution in [-0.2, 0) is 4.74 Å². The predicted molar refractivity (Wildman–Crippen MR) is 85.6 cm³/mol. The van der Waals surface area contributed by atoms with Gasteiger partial charge in [-0.1, -0.05) is 6.92 Å². The number of hydrogen-bond donors (Lipinski definition) is 1. The van der Waals surface area contributed by atoms with Gasteiger partial charge in [-0.2, -0.15) is 0 Å². The molecule has 0 aliphatic carbocycles. The summed E-state index contributed by atoms with van der Waals surface area (Å²) in [5.74, 6) is 0.885. The quantitative estimate of drug-likeness (QED) is 0.867. The highest BCUT2D eigenvalue weighted by atomic mass is 35.5. The molecule has 0 amide bonds. The fraction of sp³-hybridized carbons (Fsp3) is 1.00. The van der Waals surface area contributed by atoms with Crippen LogP contribution in [-0.4, -0.2) is 50.3 Å². The number of nitrogens with one attached hydrogen (secondary N) is 1. The van der Waals surface area contributed by atoms with Gasteiger partial charge < -0.3 is 15.0 Å². The van der Waals surface area contributed by atoms with Crippen LogP contribution >= 0.6 is 12.4 Å². The van der Waals surface area contributed by atoms with E-state index in [1.54, 1.807) is 0 Å². The summed E-state index contributed by atoms with van der Waals surface area (Å²) in [6, 6.07) is 0. The van der Waals surface area contributed by atoms with Crippen molar-refractivity contribution in [2.75, 3.05) is 39.3 Å². The van der Waals surface area contributed by atoms with E-state index in [1.807, 2.05) is 0 Å². The summed E-state index contributed by atoms with van der Waals surface area (Å²) in [5.41, 5.74) is 0.667. The summed E-state index contributed by atoms with van der Waals surface area (Å²) in [6.07, 6.45) is 8.53. The first-order chi connectivity index (χ1) is 9.30. The average Bonchev–Trinajstić information content (AvgIpc) is 2.82. The fourth-order valence-corrected chi connectivity index (χ4v) is 4.32. The maximum atomic E-state index is 5.80. The minimum atomic E-state index is 0. The zero-order valence-corrected chi connectivity index (χ0v) is 13.7. The van der Waals surface area contributed by atoms with Gasteiger partial charge in [-0.15, -0.1) is 12.4 Å². The molecule has 20 heavy (non-hydrogen) atoms. The van der Waals surface area contributed by atoms with E-state index in [0.29, 0.717) is 11.5 Å². The Morgan fingerprint density at radius 1 is 1.25 bits per heavy atom. The number of likely N-dealkylation sites (tertiary alicyclic amines) is 1. The summed E-state index contributed by atoms with van der Waals surface area (Å²) in [6.45, 7) is 9.76. The lowest BCUT2D eigenvalue weighted by Gasteiger charge is -2.35. The van der Waals surface area contributed by atoms with Gasteiger partial charge in [-0.25, -0.2) is 0 Å². The first-order valence-electron chi connectivity index (χ1n) is 8.34. The molecule has 0 bridgehead atoms. The summed E-state index contributed by atoms with van der Waals surface area (Å²) in [5, 5.41) is 3.51. The molecule has 118 valence electrons. The maximum Gasteiger partial charge on any atom is 0.0575 e. The Balaban J connectivity index is 0.00000147. The van der Waals surface area contributed by atoms with E-state index in [-0.39, 0.29) is 12.4 Å². The molecule has 3 nitrogen and oxygen atoms in total. The fourth-order valence-electron chi connectivity index (χ4n) is 4.32. The van der Waals surface area contributed by atoms with Gasteiger partial charge in [0.2, 0.25) is 0 Å². The smallest absolute Gasteiger partial charge is 0.0575 e. The van der Waals surface area contributed by atoms with E-state index in [2.05, 4.69) is 17.1 Å². The lowest BCUT2D eigenvalue weighted by Crippen LogP contribution is -2.40. The van der Waals surface area contributed by atoms with Gasteiger partial charge in [0.25, 0.3) is 0 Å². The SMILES string of the molecule is CCC1CC(CN2CCC3(CCNCC3)C2)CCO1.Cl. The molecule has 3 fully saturated rings. The van der Waals surface area contributed by atoms with Gasteiger partial charge >= 0.3 is 0 Å². The molecule has 0 aromatic heterocycles. The normalized spacial score (nSPS) is 34.0. The standard InChI is InChI=1S/C16H30N2O.ClH/c1-2-15-11-14(3-10-19-15)12-18-9-6-16(13-18)4-7-17-8-5-16;/h14-15,17H,2-13H2,1H3;1H. The molecule has 3 rings (SSSR count). The molecule has 0 aromatic rings. The van der Waals surface area contributed by atoms with Crippen LogP contribution in [0.25, 0.3) is 0 Å². The summed E-state index contributed by atoms with van der Waals surface area (Å²) >= 11 is 0. The predicted octanol–water partition coefficient (Wildman–Crippen LogP) is 2.69. The number of ether oxygens (including phenoxy) is 1. The minimum Gasteiger partial charge on any atom is -0.378 e. The molecule has 2 atom stereocenters. The second-order valence-corrected chi connectivity index (χ2v) is 7.03. The topological polar surface area (TPSA) is 24.5 Å². The molecule has 1 N–H and O–H groups in total. The van der Waals surface area contributed by atoms with Crippen molar-refractivity contribution in [3.63, 3.8) is 0 Å². The van der Waals surface area contributed by atoms with E-state index in [1.165, 1.54) is 71.2 Å². The molecule has 3 heterocycles. The molecule has 3 saturated heterocycles. The van der Waals surface area contributed by atoms with Gasteiger partial charge in [-0.3, -0.25) is 0 Å². The van der Waals surface area contributed by atoms with Crippen LogP contribution in [0.5, 0.6) is 0 Å². The highest BCUT2D eigenvalue weighted by Gasteiger charge is 2.39. The molecule has 2 unspecified atom stereocenters. The molecule has 4 heteroatoms. The van der Waals surface area contributed by atoms with Gasteiger partial charge in [0.15, 0.2) is 0 Å². The molecule has 0 saturated carbocycles. The van der Waals surface area contributed by atoms with Crippen LogP contribution in [0.1, 0.15) is 45.4 Å². The van der Waals surface area contributed by atoms with Crippen molar-refractivity contribution in [1.82, 2.24) is 10.2 Å². The van der Waals surface area contributed by atoms with Crippen LogP contribution in [0.3, 0.4) is 0 Å². The Kier molecular flexibility index (Phi) is 6.15. The van der Waals surface area contributed by atoms with Crippen molar-refractivity contribution < 1.29 is 4.74 Å². The Morgan fingerprint density at radius 2 is 2.05 bits per heavy atom. The molecule has 3 aliphatic rings. The number of nitrogens with zero attached hydrogens (tertiary/aromatic N) is 1. The number of rotatable bonds is 3. The van der Waals surface area contributed by atoms with Crippen molar-refractivity contribution >= 4 is 12.4 Å². The van der Waals surface area contributed by atoms with Crippen LogP contribution in [0.4, 0.5) is 0 Å². The third kappa shape index (κ3) is 3.88. The van der Waals surface area contributed by atoms with Crippen molar-refractivity contribution in [3.8, 4) is 0 Å². The molecule has 0 radical (unpaired) electrons. The molecule has 0 aromatic carbocycles. The zero-order chi connectivity index (χ0) is 13.1. The summed E-state index contributed by atoms with van der Waals surface area (Å²) < 4.78 is 5.80. The van der Waals surface area contributed by atoms with Crippen molar-refractivity contribution in [2.45, 2.75) is 51.6 Å². The lowest BCUT2D eigenvalue weighted by atomic mass is 9.78. The van der Waals surface area contributed by atoms with Gasteiger partial charge in [0, 0.05) is 19.7 Å². The third-order valence-corrected chi connectivity index (χ3v) is 5.63. The van der Waals surface area contributed by atoms with E-state index in [4.69, 9.17) is 4.74 Å². The molecular weight excluding hydrogens is 272 g/mol. The monoisotopic (exact) mass is 302 g/mol. The van der Waals surface area contributed by atoms with Crippen LogP contribution in [0.2, 0.25) is 0 Å². The first-order valence-corrected chi connectivity index (χ1v) is 8.34. The summed E-state index contributed by atoms with van der Waals surface area (Å²) in [7, 11) is 0.